The molecule has 7 heteroatoms. The molecule has 1 N–H and O–H groups in total. The molecule has 1 rings (SSSR count). The molecule has 1 aromatic carbocycles. The number of carboxylic acid groups (broad SMARTS) is 1. The fourth-order valence-corrected chi connectivity index (χ4v) is 1.25. The third-order valence-electron chi connectivity index (χ3n) is 2.06. The first-order chi connectivity index (χ1) is 8.34. The molecule has 0 heterocycles. The summed E-state index contributed by atoms with van der Waals surface area (Å²) in [6.07, 6.45) is -8.34. The first kappa shape index (κ1) is 14.1. The number of hydrogen-bond donors (Lipinski definition) is 1. The molecule has 0 bridgehead atoms. The zero-order chi connectivity index (χ0) is 13.8. The molecule has 0 amide bonds. The van der Waals surface area contributed by atoms with Crippen LogP contribution in [0.1, 0.15) is 6.42 Å². The van der Waals surface area contributed by atoms with Crippen molar-refractivity contribution in [1.82, 2.24) is 0 Å². The molecule has 4 nitrogen and oxygen atoms in total. The Morgan fingerprint density at radius 1 is 1.33 bits per heavy atom. The molecular formula is C11H11F3O4. The van der Waals surface area contributed by atoms with E-state index in [-0.39, 0.29) is 11.5 Å². The first-order valence-corrected chi connectivity index (χ1v) is 4.92. The van der Waals surface area contributed by atoms with Crippen molar-refractivity contribution >= 4 is 5.97 Å². The number of hydrogen-bond acceptors (Lipinski definition) is 3. The highest BCUT2D eigenvalue weighted by Crippen LogP contribution is 2.32. The summed E-state index contributed by atoms with van der Waals surface area (Å²) in [5.41, 5.74) is 0. The summed E-state index contributed by atoms with van der Waals surface area (Å²) in [4.78, 5) is 10.4. The summed E-state index contributed by atoms with van der Waals surface area (Å²) in [7, 11) is 1.28. The van der Waals surface area contributed by atoms with Gasteiger partial charge in [0.2, 0.25) is 6.10 Å². The van der Waals surface area contributed by atoms with Crippen LogP contribution in [0.25, 0.3) is 0 Å². The van der Waals surface area contributed by atoms with Gasteiger partial charge in [-0.15, -0.1) is 0 Å². The van der Waals surface area contributed by atoms with Gasteiger partial charge in [-0.1, -0.05) is 12.1 Å². The number of aliphatic carboxylic acids is 1. The number of alkyl halides is 3. The van der Waals surface area contributed by atoms with Gasteiger partial charge in [0.25, 0.3) is 0 Å². The van der Waals surface area contributed by atoms with Crippen molar-refractivity contribution in [1.29, 1.82) is 0 Å². The summed E-state index contributed by atoms with van der Waals surface area (Å²) in [6, 6.07) is 5.72. The van der Waals surface area contributed by atoms with Crippen molar-refractivity contribution in [3.63, 3.8) is 0 Å². The smallest absolute Gasteiger partial charge is 0.426 e. The highest BCUT2D eigenvalue weighted by Gasteiger charge is 2.43. The minimum atomic E-state index is -4.76. The van der Waals surface area contributed by atoms with Crippen molar-refractivity contribution in [2.24, 2.45) is 0 Å². The van der Waals surface area contributed by atoms with Crippen LogP contribution in [0.2, 0.25) is 0 Å². The van der Waals surface area contributed by atoms with Crippen LogP contribution in [0.5, 0.6) is 11.5 Å². The standard InChI is InChI=1S/C11H11F3O4/c1-17-7-4-2-3-5-8(7)18-9(6-10(15)16)11(12,13)14/h2-5,9H,6H2,1H3,(H,15,16). The molecule has 0 saturated carbocycles. The van der Waals surface area contributed by atoms with Gasteiger partial charge in [0, 0.05) is 0 Å². The van der Waals surface area contributed by atoms with Gasteiger partial charge in [0.05, 0.1) is 13.5 Å². The second kappa shape index (κ2) is 5.61. The number of carbonyl (C=O) groups is 1. The second-order valence-electron chi connectivity index (χ2n) is 3.40. The Morgan fingerprint density at radius 3 is 2.33 bits per heavy atom. The van der Waals surface area contributed by atoms with Gasteiger partial charge in [-0.25, -0.2) is 0 Å². The van der Waals surface area contributed by atoms with E-state index in [9.17, 15) is 18.0 Å². The van der Waals surface area contributed by atoms with E-state index in [1.807, 2.05) is 0 Å². The van der Waals surface area contributed by atoms with Gasteiger partial charge in [-0.3, -0.25) is 4.79 Å². The van der Waals surface area contributed by atoms with Gasteiger partial charge in [0.15, 0.2) is 11.5 Å². The number of carboxylic acids is 1. The van der Waals surface area contributed by atoms with Crippen LogP contribution in [0.3, 0.4) is 0 Å². The molecule has 1 aromatic rings. The first-order valence-electron chi connectivity index (χ1n) is 4.92. The van der Waals surface area contributed by atoms with Gasteiger partial charge in [-0.2, -0.15) is 13.2 Å². The minimum absolute atomic E-state index is 0.108. The fourth-order valence-electron chi connectivity index (χ4n) is 1.25. The Labute approximate surface area is 101 Å². The highest BCUT2D eigenvalue weighted by molar-refractivity contribution is 5.67. The average Bonchev–Trinajstić information content (AvgIpc) is 2.27. The van der Waals surface area contributed by atoms with Gasteiger partial charge < -0.3 is 14.6 Å². The zero-order valence-corrected chi connectivity index (χ0v) is 9.40. The molecule has 0 spiro atoms. The highest BCUT2D eigenvalue weighted by atomic mass is 19.4. The van der Waals surface area contributed by atoms with E-state index in [4.69, 9.17) is 9.84 Å². The fraction of sp³-hybridized carbons (Fsp3) is 0.364. The zero-order valence-electron chi connectivity index (χ0n) is 9.40. The molecule has 0 aliphatic carbocycles. The number of para-hydroxylation sites is 2. The predicted octanol–water partition coefficient (Wildman–Crippen LogP) is 2.48. The predicted molar refractivity (Wildman–Crippen MR) is 55.7 cm³/mol. The lowest BCUT2D eigenvalue weighted by molar-refractivity contribution is -0.200. The van der Waals surface area contributed by atoms with E-state index in [0.717, 1.165) is 0 Å². The van der Waals surface area contributed by atoms with Crippen LogP contribution in [-0.2, 0) is 4.79 Å². The quantitative estimate of drug-likeness (QED) is 0.887. The second-order valence-corrected chi connectivity index (χ2v) is 3.40. The molecule has 100 valence electrons. The van der Waals surface area contributed by atoms with Crippen LogP contribution in [-0.4, -0.2) is 30.5 Å². The molecule has 0 aliphatic rings. The normalized spacial score (nSPS) is 12.9. The molecule has 0 radical (unpaired) electrons. The molecule has 0 aromatic heterocycles. The third-order valence-corrected chi connectivity index (χ3v) is 2.06. The maximum Gasteiger partial charge on any atom is 0.426 e. The summed E-state index contributed by atoms with van der Waals surface area (Å²) >= 11 is 0. The number of ether oxygens (including phenoxy) is 2. The Balaban J connectivity index is 2.92. The molecule has 18 heavy (non-hydrogen) atoms. The Kier molecular flexibility index (Phi) is 4.41. The van der Waals surface area contributed by atoms with E-state index in [0.29, 0.717) is 0 Å². The SMILES string of the molecule is COc1ccccc1OC(CC(=O)O)C(F)(F)F. The monoisotopic (exact) mass is 264 g/mol. The summed E-state index contributed by atoms with van der Waals surface area (Å²) in [5, 5.41) is 8.44. The molecule has 1 unspecified atom stereocenters. The van der Waals surface area contributed by atoms with Crippen molar-refractivity contribution in [2.45, 2.75) is 18.7 Å². The summed E-state index contributed by atoms with van der Waals surface area (Å²) in [6.45, 7) is 0. The lowest BCUT2D eigenvalue weighted by Gasteiger charge is -2.21. The molecule has 1 atom stereocenters. The maximum absolute atomic E-state index is 12.6. The summed E-state index contributed by atoms with van der Waals surface area (Å²) in [5.74, 6) is -1.63. The van der Waals surface area contributed by atoms with E-state index in [2.05, 4.69) is 4.74 Å². The number of methoxy groups -OCH3 is 1. The lowest BCUT2D eigenvalue weighted by atomic mass is 10.2. The van der Waals surface area contributed by atoms with E-state index < -0.39 is 24.7 Å². The van der Waals surface area contributed by atoms with E-state index in [1.54, 1.807) is 6.07 Å². The van der Waals surface area contributed by atoms with Crippen LogP contribution >= 0.6 is 0 Å². The van der Waals surface area contributed by atoms with Crippen LogP contribution in [0.4, 0.5) is 13.2 Å². The van der Waals surface area contributed by atoms with Crippen LogP contribution in [0, 0.1) is 0 Å². The van der Waals surface area contributed by atoms with Crippen LogP contribution in [0.15, 0.2) is 24.3 Å². The van der Waals surface area contributed by atoms with E-state index >= 15 is 0 Å². The lowest BCUT2D eigenvalue weighted by Crippen LogP contribution is -2.36. The van der Waals surface area contributed by atoms with Crippen molar-refractivity contribution < 1.29 is 32.5 Å². The Hall–Kier alpha value is -1.92. The molecule has 0 aliphatic heterocycles. The van der Waals surface area contributed by atoms with Gasteiger partial charge >= 0.3 is 12.1 Å². The molecule has 0 saturated heterocycles. The van der Waals surface area contributed by atoms with E-state index in [1.165, 1.54) is 25.3 Å². The topological polar surface area (TPSA) is 55.8 Å². The number of rotatable bonds is 5. The molecule has 0 fully saturated rings. The number of halogens is 3. The van der Waals surface area contributed by atoms with Gasteiger partial charge in [0.1, 0.15) is 0 Å². The van der Waals surface area contributed by atoms with Crippen LogP contribution < -0.4 is 9.47 Å². The molecular weight excluding hydrogens is 253 g/mol. The third kappa shape index (κ3) is 3.83. The number of benzene rings is 1. The van der Waals surface area contributed by atoms with Crippen molar-refractivity contribution in [2.75, 3.05) is 7.11 Å². The summed E-state index contributed by atoms with van der Waals surface area (Å²) < 4.78 is 47.2. The Morgan fingerprint density at radius 2 is 1.89 bits per heavy atom. The maximum atomic E-state index is 12.6. The largest absolute Gasteiger partial charge is 0.493 e. The minimum Gasteiger partial charge on any atom is -0.493 e. The van der Waals surface area contributed by atoms with Crippen molar-refractivity contribution in [3.8, 4) is 11.5 Å². The Bertz CT molecular complexity index is 417. The average molecular weight is 264 g/mol. The van der Waals surface area contributed by atoms with Gasteiger partial charge in [-0.05, 0) is 12.1 Å². The van der Waals surface area contributed by atoms with Crippen molar-refractivity contribution in [3.05, 3.63) is 24.3 Å².